The standard InChI is InChI=1S/C26H31N5O3/c1-5-14-31-17-22(19(4)30-31)16-27-26(29-24(32)21-9-7-8-18(3)15-21)28-23-12-10-20(11-13-23)25(33)34-6-2/h7-13,15,17H,5-6,14,16H2,1-4H3,(H2,27,28,29,32). The summed E-state index contributed by atoms with van der Waals surface area (Å²) in [7, 11) is 0. The highest BCUT2D eigenvalue weighted by atomic mass is 16.5. The van der Waals surface area contributed by atoms with E-state index < -0.39 is 0 Å². The van der Waals surface area contributed by atoms with Crippen LogP contribution >= 0.6 is 0 Å². The Morgan fingerprint density at radius 2 is 1.82 bits per heavy atom. The highest BCUT2D eigenvalue weighted by Crippen LogP contribution is 2.12. The minimum Gasteiger partial charge on any atom is -0.462 e. The molecule has 3 rings (SSSR count). The van der Waals surface area contributed by atoms with Crippen LogP contribution in [-0.4, -0.2) is 34.2 Å². The smallest absolute Gasteiger partial charge is 0.338 e. The van der Waals surface area contributed by atoms with E-state index in [1.54, 1.807) is 37.3 Å². The van der Waals surface area contributed by atoms with E-state index in [2.05, 4.69) is 27.6 Å². The van der Waals surface area contributed by atoms with Gasteiger partial charge in [-0.25, -0.2) is 9.79 Å². The van der Waals surface area contributed by atoms with Gasteiger partial charge in [0.2, 0.25) is 5.96 Å². The molecule has 2 aromatic carbocycles. The molecule has 0 spiro atoms. The number of carbonyl (C=O) groups excluding carboxylic acids is 2. The first-order chi connectivity index (χ1) is 16.4. The summed E-state index contributed by atoms with van der Waals surface area (Å²) >= 11 is 0. The average molecular weight is 462 g/mol. The molecule has 0 aliphatic heterocycles. The van der Waals surface area contributed by atoms with Gasteiger partial charge in [-0.1, -0.05) is 24.6 Å². The first-order valence-corrected chi connectivity index (χ1v) is 11.4. The third kappa shape index (κ3) is 6.78. The van der Waals surface area contributed by atoms with Crippen molar-refractivity contribution in [1.82, 2.24) is 15.1 Å². The van der Waals surface area contributed by atoms with E-state index in [0.717, 1.165) is 29.8 Å². The van der Waals surface area contributed by atoms with Crippen LogP contribution in [0.25, 0.3) is 0 Å². The van der Waals surface area contributed by atoms with E-state index in [1.807, 2.05) is 42.9 Å². The Labute approximate surface area is 200 Å². The predicted molar refractivity (Wildman–Crippen MR) is 133 cm³/mol. The van der Waals surface area contributed by atoms with Crippen LogP contribution in [0.4, 0.5) is 5.69 Å². The monoisotopic (exact) mass is 461 g/mol. The largest absolute Gasteiger partial charge is 0.462 e. The molecular weight excluding hydrogens is 430 g/mol. The topological polar surface area (TPSA) is 97.6 Å². The van der Waals surface area contributed by atoms with Crippen molar-refractivity contribution in [2.45, 2.75) is 47.2 Å². The number of hydrogen-bond donors (Lipinski definition) is 2. The number of esters is 1. The lowest BCUT2D eigenvalue weighted by atomic mass is 10.1. The molecule has 1 amide bonds. The molecule has 1 heterocycles. The molecule has 0 radical (unpaired) electrons. The predicted octanol–water partition coefficient (Wildman–Crippen LogP) is 4.48. The van der Waals surface area contributed by atoms with Crippen LogP contribution in [0.5, 0.6) is 0 Å². The van der Waals surface area contributed by atoms with Gasteiger partial charge in [-0.3, -0.25) is 14.8 Å². The minimum atomic E-state index is -0.379. The number of ether oxygens (including phenoxy) is 1. The van der Waals surface area contributed by atoms with Gasteiger partial charge in [0.15, 0.2) is 0 Å². The number of benzene rings is 2. The molecule has 0 saturated heterocycles. The highest BCUT2D eigenvalue weighted by Gasteiger charge is 2.12. The van der Waals surface area contributed by atoms with E-state index in [9.17, 15) is 9.59 Å². The molecule has 2 N–H and O–H groups in total. The second-order valence-electron chi connectivity index (χ2n) is 7.91. The van der Waals surface area contributed by atoms with Gasteiger partial charge in [0, 0.05) is 29.6 Å². The van der Waals surface area contributed by atoms with Crippen molar-refractivity contribution in [1.29, 1.82) is 0 Å². The molecule has 8 heteroatoms. The van der Waals surface area contributed by atoms with E-state index >= 15 is 0 Å². The molecule has 0 aliphatic carbocycles. The van der Waals surface area contributed by atoms with Crippen molar-refractivity contribution in [3.8, 4) is 0 Å². The van der Waals surface area contributed by atoms with Crippen molar-refractivity contribution in [3.63, 3.8) is 0 Å². The summed E-state index contributed by atoms with van der Waals surface area (Å²) in [5.74, 6) is -0.343. The Morgan fingerprint density at radius 3 is 2.50 bits per heavy atom. The molecule has 1 aromatic heterocycles. The fraction of sp³-hybridized carbons (Fsp3) is 0.308. The van der Waals surface area contributed by atoms with Gasteiger partial charge in [-0.15, -0.1) is 0 Å². The summed E-state index contributed by atoms with van der Waals surface area (Å²) in [6.07, 6.45) is 2.97. The number of guanidine groups is 1. The Kier molecular flexibility index (Phi) is 8.56. The van der Waals surface area contributed by atoms with Gasteiger partial charge in [-0.05, 0) is 63.6 Å². The van der Waals surface area contributed by atoms with Crippen LogP contribution < -0.4 is 10.6 Å². The lowest BCUT2D eigenvalue weighted by Crippen LogP contribution is -2.36. The lowest BCUT2D eigenvalue weighted by Gasteiger charge is -2.12. The third-order valence-corrected chi connectivity index (χ3v) is 5.08. The van der Waals surface area contributed by atoms with Gasteiger partial charge in [0.1, 0.15) is 0 Å². The van der Waals surface area contributed by atoms with Crippen LogP contribution in [-0.2, 0) is 17.8 Å². The van der Waals surface area contributed by atoms with Crippen LogP contribution in [0.3, 0.4) is 0 Å². The van der Waals surface area contributed by atoms with Crippen LogP contribution in [0.2, 0.25) is 0 Å². The van der Waals surface area contributed by atoms with E-state index in [-0.39, 0.29) is 11.9 Å². The Bertz CT molecular complexity index is 1170. The number of amides is 1. The molecule has 3 aromatic rings. The molecule has 0 saturated carbocycles. The summed E-state index contributed by atoms with van der Waals surface area (Å²) in [4.78, 5) is 29.4. The number of rotatable bonds is 8. The average Bonchev–Trinajstić information content (AvgIpc) is 3.17. The van der Waals surface area contributed by atoms with Crippen LogP contribution in [0.15, 0.2) is 59.7 Å². The first kappa shape index (κ1) is 24.7. The maximum absolute atomic E-state index is 12.9. The minimum absolute atomic E-state index is 0.267. The zero-order valence-corrected chi connectivity index (χ0v) is 20.1. The first-order valence-electron chi connectivity index (χ1n) is 11.4. The highest BCUT2D eigenvalue weighted by molar-refractivity contribution is 6.10. The summed E-state index contributed by atoms with van der Waals surface area (Å²) in [5.41, 5.74) is 4.55. The summed E-state index contributed by atoms with van der Waals surface area (Å²) in [6, 6.07) is 14.2. The molecule has 0 aliphatic rings. The second-order valence-corrected chi connectivity index (χ2v) is 7.91. The van der Waals surface area contributed by atoms with E-state index in [1.165, 1.54) is 0 Å². The Morgan fingerprint density at radius 1 is 1.06 bits per heavy atom. The third-order valence-electron chi connectivity index (χ3n) is 5.08. The molecular formula is C26H31N5O3. The molecule has 8 nitrogen and oxygen atoms in total. The fourth-order valence-corrected chi connectivity index (χ4v) is 3.34. The summed E-state index contributed by atoms with van der Waals surface area (Å²) < 4.78 is 6.94. The van der Waals surface area contributed by atoms with Crippen molar-refractivity contribution < 1.29 is 14.3 Å². The van der Waals surface area contributed by atoms with Gasteiger partial charge in [-0.2, -0.15) is 5.10 Å². The van der Waals surface area contributed by atoms with Crippen molar-refractivity contribution in [2.75, 3.05) is 11.9 Å². The van der Waals surface area contributed by atoms with Gasteiger partial charge >= 0.3 is 5.97 Å². The van der Waals surface area contributed by atoms with Crippen LogP contribution in [0.1, 0.15) is 57.8 Å². The normalized spacial score (nSPS) is 11.2. The zero-order valence-electron chi connectivity index (χ0n) is 20.1. The zero-order chi connectivity index (χ0) is 24.5. The molecule has 0 unspecified atom stereocenters. The fourth-order valence-electron chi connectivity index (χ4n) is 3.34. The van der Waals surface area contributed by atoms with Gasteiger partial charge < -0.3 is 10.1 Å². The Hall–Kier alpha value is -3.94. The molecule has 0 bridgehead atoms. The van der Waals surface area contributed by atoms with Gasteiger partial charge in [0.05, 0.1) is 24.4 Å². The number of aliphatic imine (C=N–C) groups is 1. The number of aryl methyl sites for hydroxylation is 3. The lowest BCUT2D eigenvalue weighted by molar-refractivity contribution is 0.0526. The molecule has 0 fully saturated rings. The quantitative estimate of drug-likeness (QED) is 0.293. The SMILES string of the molecule is CCCn1cc(CN=C(NC(=O)c2cccc(C)c2)Nc2ccc(C(=O)OCC)cc2)c(C)n1. The molecule has 178 valence electrons. The maximum Gasteiger partial charge on any atom is 0.338 e. The number of hydrogen-bond acceptors (Lipinski definition) is 5. The molecule has 34 heavy (non-hydrogen) atoms. The molecule has 0 atom stereocenters. The number of carbonyl (C=O) groups is 2. The Balaban J connectivity index is 1.81. The van der Waals surface area contributed by atoms with E-state index in [4.69, 9.17) is 4.74 Å². The van der Waals surface area contributed by atoms with E-state index in [0.29, 0.717) is 35.9 Å². The number of aromatic nitrogens is 2. The van der Waals surface area contributed by atoms with Crippen molar-refractivity contribution >= 4 is 23.5 Å². The number of nitrogens with zero attached hydrogens (tertiary/aromatic N) is 3. The number of anilines is 1. The van der Waals surface area contributed by atoms with Crippen molar-refractivity contribution in [3.05, 3.63) is 82.7 Å². The second kappa shape index (κ2) is 11.8. The van der Waals surface area contributed by atoms with Crippen molar-refractivity contribution in [2.24, 2.45) is 4.99 Å². The summed E-state index contributed by atoms with van der Waals surface area (Å²) in [6.45, 7) is 9.26. The van der Waals surface area contributed by atoms with Crippen LogP contribution in [0, 0.1) is 13.8 Å². The summed E-state index contributed by atoms with van der Waals surface area (Å²) in [5, 5.41) is 10.5. The number of nitrogens with one attached hydrogen (secondary N) is 2. The van der Waals surface area contributed by atoms with Gasteiger partial charge in [0.25, 0.3) is 5.91 Å². The maximum atomic E-state index is 12.9.